The van der Waals surface area contributed by atoms with Gasteiger partial charge in [-0.1, -0.05) is 19.9 Å². The van der Waals surface area contributed by atoms with Gasteiger partial charge in [0.25, 0.3) is 0 Å². The fourth-order valence-corrected chi connectivity index (χ4v) is 2.96. The summed E-state index contributed by atoms with van der Waals surface area (Å²) in [6.07, 6.45) is 6.69. The molecule has 0 saturated carbocycles. The Bertz CT molecular complexity index is 439. The number of hydrogen-bond donors (Lipinski definition) is 1. The van der Waals surface area contributed by atoms with E-state index in [0.717, 1.165) is 44.5 Å². The zero-order valence-electron chi connectivity index (χ0n) is 13.9. The van der Waals surface area contributed by atoms with Crippen LogP contribution in [0.25, 0.3) is 0 Å². The third-order valence-corrected chi connectivity index (χ3v) is 4.30. The van der Waals surface area contributed by atoms with Crippen LogP contribution < -0.4 is 5.32 Å². The molecule has 0 radical (unpaired) electrons. The van der Waals surface area contributed by atoms with Crippen LogP contribution in [0.1, 0.15) is 51.6 Å². The Morgan fingerprint density at radius 1 is 1.36 bits per heavy atom. The molecule has 122 valence electrons. The molecule has 0 aromatic carbocycles. The first-order valence-electron chi connectivity index (χ1n) is 8.57. The lowest BCUT2D eigenvalue weighted by atomic mass is 10.0. The van der Waals surface area contributed by atoms with Gasteiger partial charge in [-0.3, -0.25) is 9.78 Å². The Hall–Kier alpha value is -1.42. The summed E-state index contributed by atoms with van der Waals surface area (Å²) < 4.78 is 0. The molecule has 1 aliphatic rings. The van der Waals surface area contributed by atoms with Crippen molar-refractivity contribution < 1.29 is 4.79 Å². The molecule has 2 rings (SSSR count). The highest BCUT2D eigenvalue weighted by Crippen LogP contribution is 2.19. The summed E-state index contributed by atoms with van der Waals surface area (Å²) in [5, 5.41) is 3.43. The molecule has 0 aliphatic carbocycles. The SMILES string of the molecule is CC(C)CCC(=O)N(Cc1ccccn1)C1CCCNCC1. The van der Waals surface area contributed by atoms with Gasteiger partial charge in [0.1, 0.15) is 0 Å². The van der Waals surface area contributed by atoms with Crippen LogP contribution in [0.15, 0.2) is 24.4 Å². The highest BCUT2D eigenvalue weighted by Gasteiger charge is 2.24. The van der Waals surface area contributed by atoms with Crippen LogP contribution in [0.5, 0.6) is 0 Å². The van der Waals surface area contributed by atoms with E-state index in [-0.39, 0.29) is 5.91 Å². The van der Waals surface area contributed by atoms with Crippen LogP contribution in [0.4, 0.5) is 0 Å². The van der Waals surface area contributed by atoms with Crippen molar-refractivity contribution in [2.45, 2.75) is 58.5 Å². The van der Waals surface area contributed by atoms with E-state index in [1.807, 2.05) is 18.2 Å². The third-order valence-electron chi connectivity index (χ3n) is 4.30. The smallest absolute Gasteiger partial charge is 0.223 e. The highest BCUT2D eigenvalue weighted by molar-refractivity contribution is 5.76. The molecule has 1 aromatic rings. The molecule has 1 fully saturated rings. The predicted molar refractivity (Wildman–Crippen MR) is 89.4 cm³/mol. The van der Waals surface area contributed by atoms with Crippen LogP contribution in [0.3, 0.4) is 0 Å². The van der Waals surface area contributed by atoms with E-state index < -0.39 is 0 Å². The van der Waals surface area contributed by atoms with Gasteiger partial charge in [0.05, 0.1) is 12.2 Å². The lowest BCUT2D eigenvalue weighted by Gasteiger charge is -2.31. The molecule has 1 amide bonds. The number of nitrogens with one attached hydrogen (secondary N) is 1. The van der Waals surface area contributed by atoms with Crippen LogP contribution in [0.2, 0.25) is 0 Å². The van der Waals surface area contributed by atoms with Gasteiger partial charge in [0, 0.05) is 18.7 Å². The van der Waals surface area contributed by atoms with Crippen LogP contribution >= 0.6 is 0 Å². The first-order chi connectivity index (χ1) is 10.7. The van der Waals surface area contributed by atoms with E-state index >= 15 is 0 Å². The molecule has 1 N–H and O–H groups in total. The van der Waals surface area contributed by atoms with E-state index in [2.05, 4.69) is 29.0 Å². The predicted octanol–water partition coefficient (Wildman–Crippen LogP) is 2.99. The minimum atomic E-state index is 0.284. The van der Waals surface area contributed by atoms with Gasteiger partial charge in [-0.15, -0.1) is 0 Å². The molecule has 1 saturated heterocycles. The minimum absolute atomic E-state index is 0.284. The van der Waals surface area contributed by atoms with Crippen LogP contribution in [0, 0.1) is 5.92 Å². The Balaban J connectivity index is 2.06. The Morgan fingerprint density at radius 3 is 2.95 bits per heavy atom. The van der Waals surface area contributed by atoms with Gasteiger partial charge in [0.15, 0.2) is 0 Å². The molecule has 1 aliphatic heterocycles. The molecule has 1 aromatic heterocycles. The van der Waals surface area contributed by atoms with Crippen molar-refractivity contribution in [3.8, 4) is 0 Å². The Labute approximate surface area is 134 Å². The molecular formula is C18H29N3O. The number of carbonyl (C=O) groups excluding carboxylic acids is 1. The average molecular weight is 303 g/mol. The molecule has 1 unspecified atom stereocenters. The molecule has 2 heterocycles. The van der Waals surface area contributed by atoms with Crippen LogP contribution in [-0.2, 0) is 11.3 Å². The van der Waals surface area contributed by atoms with Gasteiger partial charge in [0.2, 0.25) is 5.91 Å². The topological polar surface area (TPSA) is 45.2 Å². The fourth-order valence-electron chi connectivity index (χ4n) is 2.96. The van der Waals surface area contributed by atoms with Crippen molar-refractivity contribution >= 4 is 5.91 Å². The first kappa shape index (κ1) is 16.9. The Kier molecular flexibility index (Phi) is 6.84. The molecule has 0 spiro atoms. The van der Waals surface area contributed by atoms with Gasteiger partial charge in [-0.2, -0.15) is 0 Å². The summed E-state index contributed by atoms with van der Waals surface area (Å²) in [7, 11) is 0. The van der Waals surface area contributed by atoms with E-state index in [1.54, 1.807) is 6.20 Å². The minimum Gasteiger partial charge on any atom is -0.334 e. The normalized spacial score (nSPS) is 19.0. The van der Waals surface area contributed by atoms with Gasteiger partial charge >= 0.3 is 0 Å². The van der Waals surface area contributed by atoms with Crippen molar-refractivity contribution in [3.05, 3.63) is 30.1 Å². The highest BCUT2D eigenvalue weighted by atomic mass is 16.2. The largest absolute Gasteiger partial charge is 0.334 e. The van der Waals surface area contributed by atoms with E-state index in [1.165, 1.54) is 0 Å². The lowest BCUT2D eigenvalue weighted by Crippen LogP contribution is -2.40. The maximum atomic E-state index is 12.7. The second kappa shape index (κ2) is 8.89. The number of hydrogen-bond acceptors (Lipinski definition) is 3. The number of pyridine rings is 1. The molecule has 1 atom stereocenters. The van der Waals surface area contributed by atoms with Gasteiger partial charge < -0.3 is 10.2 Å². The molecule has 4 heteroatoms. The molecule has 22 heavy (non-hydrogen) atoms. The van der Waals surface area contributed by atoms with E-state index in [0.29, 0.717) is 24.9 Å². The van der Waals surface area contributed by atoms with Crippen LogP contribution in [-0.4, -0.2) is 34.9 Å². The number of aromatic nitrogens is 1. The summed E-state index contributed by atoms with van der Waals surface area (Å²) in [6.45, 7) is 7.05. The third kappa shape index (κ3) is 5.41. The summed E-state index contributed by atoms with van der Waals surface area (Å²) >= 11 is 0. The summed E-state index contributed by atoms with van der Waals surface area (Å²) in [5.41, 5.74) is 0.984. The lowest BCUT2D eigenvalue weighted by molar-refractivity contribution is -0.134. The molecule has 4 nitrogen and oxygen atoms in total. The fraction of sp³-hybridized carbons (Fsp3) is 0.667. The standard InChI is InChI=1S/C18H29N3O/c1-15(2)8-9-18(22)21(14-16-6-3-4-12-20-16)17-7-5-11-19-13-10-17/h3-4,6,12,15,17,19H,5,7-11,13-14H2,1-2H3. The van der Waals surface area contributed by atoms with Crippen molar-refractivity contribution in [1.29, 1.82) is 0 Å². The monoisotopic (exact) mass is 303 g/mol. The average Bonchev–Trinajstić information content (AvgIpc) is 2.80. The first-order valence-corrected chi connectivity index (χ1v) is 8.57. The zero-order valence-corrected chi connectivity index (χ0v) is 13.9. The zero-order chi connectivity index (χ0) is 15.8. The second-order valence-electron chi connectivity index (χ2n) is 6.61. The second-order valence-corrected chi connectivity index (χ2v) is 6.61. The maximum absolute atomic E-state index is 12.7. The molecule has 0 bridgehead atoms. The summed E-state index contributed by atoms with van der Waals surface area (Å²) in [4.78, 5) is 19.2. The summed E-state index contributed by atoms with van der Waals surface area (Å²) in [6, 6.07) is 6.27. The number of rotatable bonds is 6. The quantitative estimate of drug-likeness (QED) is 0.878. The molecular weight excluding hydrogens is 274 g/mol. The maximum Gasteiger partial charge on any atom is 0.223 e. The number of nitrogens with zero attached hydrogens (tertiary/aromatic N) is 2. The number of amides is 1. The Morgan fingerprint density at radius 2 is 2.23 bits per heavy atom. The number of carbonyl (C=O) groups is 1. The summed E-state index contributed by atoms with van der Waals surface area (Å²) in [5.74, 6) is 0.850. The van der Waals surface area contributed by atoms with Gasteiger partial charge in [-0.25, -0.2) is 0 Å². The van der Waals surface area contributed by atoms with E-state index in [4.69, 9.17) is 0 Å². The van der Waals surface area contributed by atoms with Gasteiger partial charge in [-0.05, 0) is 56.8 Å². The van der Waals surface area contributed by atoms with Crippen molar-refractivity contribution in [1.82, 2.24) is 15.2 Å². The van der Waals surface area contributed by atoms with E-state index in [9.17, 15) is 4.79 Å². The van der Waals surface area contributed by atoms with Crippen molar-refractivity contribution in [2.75, 3.05) is 13.1 Å². The van der Waals surface area contributed by atoms with Crippen molar-refractivity contribution in [2.24, 2.45) is 5.92 Å². The van der Waals surface area contributed by atoms with Crippen molar-refractivity contribution in [3.63, 3.8) is 0 Å².